The van der Waals surface area contributed by atoms with E-state index in [9.17, 15) is 13.2 Å². The van der Waals surface area contributed by atoms with Crippen molar-refractivity contribution in [2.75, 3.05) is 18.4 Å². The van der Waals surface area contributed by atoms with Crippen molar-refractivity contribution < 1.29 is 13.2 Å². The highest BCUT2D eigenvalue weighted by atomic mass is 32.1. The van der Waals surface area contributed by atoms with Crippen molar-refractivity contribution in [1.29, 1.82) is 0 Å². The van der Waals surface area contributed by atoms with Crippen molar-refractivity contribution in [3.05, 3.63) is 64.1 Å². The Balaban J connectivity index is 1.27. The summed E-state index contributed by atoms with van der Waals surface area (Å²) < 4.78 is 38.6. The van der Waals surface area contributed by atoms with Gasteiger partial charge in [0, 0.05) is 53.3 Å². The van der Waals surface area contributed by atoms with Crippen molar-refractivity contribution in [2.24, 2.45) is 0 Å². The molecule has 5 nitrogen and oxygen atoms in total. The molecule has 0 unspecified atom stereocenters. The summed E-state index contributed by atoms with van der Waals surface area (Å²) in [5.74, 6) is 0. The first-order chi connectivity index (χ1) is 16.3. The number of thiophene rings is 1. The third kappa shape index (κ3) is 4.88. The van der Waals surface area contributed by atoms with Crippen LogP contribution in [0.1, 0.15) is 29.0 Å². The first-order valence-corrected chi connectivity index (χ1v) is 12.0. The van der Waals surface area contributed by atoms with E-state index in [2.05, 4.69) is 56.2 Å². The molecule has 2 N–H and O–H groups in total. The number of aryl methyl sites for hydroxylation is 1. The summed E-state index contributed by atoms with van der Waals surface area (Å²) in [7, 11) is 0. The number of pyridine rings is 1. The number of nitrogens with zero attached hydrogens (tertiary/aromatic N) is 3. The molecule has 4 heterocycles. The zero-order chi connectivity index (χ0) is 23.9. The zero-order valence-electron chi connectivity index (χ0n) is 18.7. The lowest BCUT2D eigenvalue weighted by Crippen LogP contribution is -2.38. The highest BCUT2D eigenvalue weighted by Gasteiger charge is 2.29. The maximum absolute atomic E-state index is 12.9. The summed E-state index contributed by atoms with van der Waals surface area (Å²) in [5, 5.41) is 5.30. The number of rotatable bonds is 5. The fraction of sp³-hybridized carbons (Fsp3) is 0.360. The topological polar surface area (TPSA) is 48.3 Å². The number of hydrogen-bond acceptors (Lipinski definition) is 4. The number of hydrogen-bond donors (Lipinski definition) is 2. The lowest BCUT2D eigenvalue weighted by atomic mass is 10.0. The van der Waals surface area contributed by atoms with Crippen LogP contribution in [0.5, 0.6) is 0 Å². The van der Waals surface area contributed by atoms with Crippen molar-refractivity contribution in [2.45, 2.75) is 44.9 Å². The third-order valence-corrected chi connectivity index (χ3v) is 7.29. The van der Waals surface area contributed by atoms with Crippen LogP contribution in [0.3, 0.4) is 0 Å². The predicted octanol–water partition coefficient (Wildman–Crippen LogP) is 6.82. The summed E-state index contributed by atoms with van der Waals surface area (Å²) in [4.78, 5) is 14.3. The molecule has 1 aliphatic rings. The van der Waals surface area contributed by atoms with E-state index in [0.717, 1.165) is 55.0 Å². The quantitative estimate of drug-likeness (QED) is 0.306. The maximum Gasteiger partial charge on any atom is 0.393 e. The van der Waals surface area contributed by atoms with Crippen molar-refractivity contribution in [1.82, 2.24) is 14.9 Å². The van der Waals surface area contributed by atoms with E-state index in [1.807, 2.05) is 0 Å². The molecule has 1 aromatic carbocycles. The van der Waals surface area contributed by atoms with Gasteiger partial charge >= 0.3 is 6.18 Å². The highest BCUT2D eigenvalue weighted by molar-refractivity contribution is 7.18. The zero-order valence-corrected chi connectivity index (χ0v) is 19.5. The van der Waals surface area contributed by atoms with Crippen LogP contribution < -0.4 is 5.32 Å². The van der Waals surface area contributed by atoms with E-state index < -0.39 is 12.6 Å². The van der Waals surface area contributed by atoms with Gasteiger partial charge in [0.25, 0.3) is 0 Å². The van der Waals surface area contributed by atoms with Crippen molar-refractivity contribution in [3.8, 4) is 0 Å². The Hall–Kier alpha value is -3.09. The van der Waals surface area contributed by atoms with Crippen LogP contribution >= 0.6 is 11.3 Å². The number of piperidine rings is 1. The smallest absolute Gasteiger partial charge is 0.390 e. The molecule has 0 bridgehead atoms. The Morgan fingerprint density at radius 3 is 2.76 bits per heavy atom. The monoisotopic (exact) mass is 483 g/mol. The second kappa shape index (κ2) is 8.93. The predicted molar refractivity (Wildman–Crippen MR) is 131 cm³/mol. The van der Waals surface area contributed by atoms with Gasteiger partial charge in [0.05, 0.1) is 18.7 Å². The van der Waals surface area contributed by atoms with Crippen LogP contribution in [-0.2, 0) is 13.0 Å². The van der Waals surface area contributed by atoms with Crippen LogP contribution in [0.25, 0.3) is 26.0 Å². The summed E-state index contributed by atoms with van der Waals surface area (Å²) in [6.07, 6.45) is -2.00. The van der Waals surface area contributed by atoms with Gasteiger partial charge in [-0.05, 0) is 55.0 Å². The average molecular weight is 484 g/mol. The molecule has 1 aliphatic heterocycles. The number of halogens is 3. The molecule has 0 atom stereocenters. The van der Waals surface area contributed by atoms with Gasteiger partial charge in [-0.1, -0.05) is 6.07 Å². The van der Waals surface area contributed by atoms with Gasteiger partial charge in [-0.25, -0.2) is 4.85 Å². The minimum absolute atomic E-state index is 0.156. The Kier molecular flexibility index (Phi) is 5.96. The number of alkyl halides is 3. The van der Waals surface area contributed by atoms with Gasteiger partial charge in [-0.15, -0.1) is 11.3 Å². The molecule has 0 saturated carbocycles. The Labute approximate surface area is 199 Å². The lowest BCUT2D eigenvalue weighted by Gasteiger charge is -2.33. The molecular formula is C25H24F3N5S. The van der Waals surface area contributed by atoms with Crippen molar-refractivity contribution >= 4 is 43.8 Å². The largest absolute Gasteiger partial charge is 0.393 e. The van der Waals surface area contributed by atoms with Gasteiger partial charge in [-0.2, -0.15) is 13.2 Å². The number of H-pyrrole nitrogens is 1. The van der Waals surface area contributed by atoms with Crippen LogP contribution in [0.15, 0.2) is 36.5 Å². The number of fused-ring (bicyclic) bond motifs is 2. The van der Waals surface area contributed by atoms with Gasteiger partial charge < -0.3 is 10.3 Å². The number of nitrogens with one attached hydrogen (secondary N) is 2. The first-order valence-electron chi connectivity index (χ1n) is 11.2. The molecule has 9 heteroatoms. The Bertz CT molecular complexity index is 1370. The first kappa shape index (κ1) is 22.7. The molecule has 0 aliphatic carbocycles. The van der Waals surface area contributed by atoms with E-state index in [1.54, 1.807) is 0 Å². The molecule has 3 aromatic heterocycles. The number of benzene rings is 1. The fourth-order valence-corrected chi connectivity index (χ4v) is 5.71. The lowest BCUT2D eigenvalue weighted by molar-refractivity contribution is -0.126. The Morgan fingerprint density at radius 2 is 2.03 bits per heavy atom. The number of aromatic nitrogens is 2. The summed E-state index contributed by atoms with van der Waals surface area (Å²) >= 11 is 1.04. The van der Waals surface area contributed by atoms with Crippen LogP contribution in [0, 0.1) is 13.5 Å². The summed E-state index contributed by atoms with van der Waals surface area (Å²) in [6, 6.07) is 10.4. The molecule has 4 aromatic rings. The molecule has 5 rings (SSSR count). The number of likely N-dealkylation sites (tertiary alicyclic amines) is 1. The third-order valence-electron chi connectivity index (χ3n) is 6.25. The van der Waals surface area contributed by atoms with E-state index in [4.69, 9.17) is 6.57 Å². The van der Waals surface area contributed by atoms with Gasteiger partial charge in [0.1, 0.15) is 4.83 Å². The minimum Gasteiger partial charge on any atom is -0.390 e. The molecular weight excluding hydrogens is 459 g/mol. The molecule has 0 spiro atoms. The molecule has 1 fully saturated rings. The second-order valence-corrected chi connectivity index (χ2v) is 10.0. The molecule has 176 valence electrons. The van der Waals surface area contributed by atoms with Gasteiger partial charge in [-0.3, -0.25) is 9.88 Å². The van der Waals surface area contributed by atoms with E-state index in [-0.39, 0.29) is 10.9 Å². The maximum atomic E-state index is 12.9. The second-order valence-electron chi connectivity index (χ2n) is 8.92. The number of aromatic amines is 1. The minimum atomic E-state index is -4.27. The van der Waals surface area contributed by atoms with Crippen LogP contribution in [0.2, 0.25) is 0 Å². The molecule has 0 radical (unpaired) electrons. The number of anilines is 1. The van der Waals surface area contributed by atoms with Crippen LogP contribution in [-0.4, -0.2) is 40.2 Å². The average Bonchev–Trinajstić information content (AvgIpc) is 3.35. The normalized spacial score (nSPS) is 15.7. The molecule has 0 amide bonds. The van der Waals surface area contributed by atoms with Gasteiger partial charge in [0.2, 0.25) is 5.69 Å². The summed E-state index contributed by atoms with van der Waals surface area (Å²) in [5.41, 5.74) is 4.53. The molecule has 1 saturated heterocycles. The highest BCUT2D eigenvalue weighted by Crippen LogP contribution is 2.39. The van der Waals surface area contributed by atoms with Gasteiger partial charge in [0.15, 0.2) is 0 Å². The standard InChI is InChI=1S/C25H24F3N5S/c1-15-9-17-10-16(3-4-21(17)31-15)14-33-7-5-18(6-8-33)32-23-20-11-19(12-25(26,27)28)34-24(20)30-13-22(23)29-2/h3-4,9-11,13,18,31H,5-8,12,14H2,1H3,(H,30,32). The van der Waals surface area contributed by atoms with E-state index in [1.165, 1.54) is 23.2 Å². The summed E-state index contributed by atoms with van der Waals surface area (Å²) in [6.45, 7) is 12.3. The van der Waals surface area contributed by atoms with E-state index >= 15 is 0 Å². The van der Waals surface area contributed by atoms with Crippen molar-refractivity contribution in [3.63, 3.8) is 0 Å². The van der Waals surface area contributed by atoms with Crippen LogP contribution in [0.4, 0.5) is 24.5 Å². The SMILES string of the molecule is [C-]#[N+]c1cnc2sc(CC(F)(F)F)cc2c1NC1CCN(Cc2ccc3[nH]c(C)cc3c2)CC1. The van der Waals surface area contributed by atoms with E-state index in [0.29, 0.717) is 21.6 Å². The molecule has 34 heavy (non-hydrogen) atoms. The fourth-order valence-electron chi connectivity index (χ4n) is 4.67. The Morgan fingerprint density at radius 1 is 1.24 bits per heavy atom.